The van der Waals surface area contributed by atoms with E-state index >= 15 is 0 Å². The van der Waals surface area contributed by atoms with Crippen LogP contribution >= 0.6 is 11.6 Å². The summed E-state index contributed by atoms with van der Waals surface area (Å²) in [7, 11) is 1.64. The standard InChI is InChI=1S/C23H25ClN4O3/c1-27(14-21(29)25-18-7-3-2-6-17(18)24)22(30)15-28-12-10-16(11-13-28)23-26-19-8-4-5-9-20(19)31-23/h2-9,16H,10-15H2,1H3,(H,25,29). The van der Waals surface area contributed by atoms with Crippen LogP contribution in [-0.2, 0) is 9.59 Å². The van der Waals surface area contributed by atoms with Gasteiger partial charge < -0.3 is 14.6 Å². The maximum Gasteiger partial charge on any atom is 0.244 e. The predicted molar refractivity (Wildman–Crippen MR) is 120 cm³/mol. The second-order valence-corrected chi connectivity index (χ2v) is 8.26. The van der Waals surface area contributed by atoms with Crippen LogP contribution in [0.4, 0.5) is 5.69 Å². The summed E-state index contributed by atoms with van der Waals surface area (Å²) in [6.45, 7) is 1.84. The molecule has 1 aliphatic rings. The van der Waals surface area contributed by atoms with Crippen molar-refractivity contribution in [2.24, 2.45) is 0 Å². The summed E-state index contributed by atoms with van der Waals surface area (Å²) in [5.74, 6) is 0.673. The number of amides is 2. The highest BCUT2D eigenvalue weighted by atomic mass is 35.5. The highest BCUT2D eigenvalue weighted by Crippen LogP contribution is 2.29. The molecule has 7 nitrogen and oxygen atoms in total. The quantitative estimate of drug-likeness (QED) is 0.631. The number of halogens is 1. The van der Waals surface area contributed by atoms with Gasteiger partial charge >= 0.3 is 0 Å². The Morgan fingerprint density at radius 1 is 1.16 bits per heavy atom. The molecule has 0 unspecified atom stereocenters. The number of anilines is 1. The third-order valence-electron chi connectivity index (χ3n) is 5.56. The molecular formula is C23H25ClN4O3. The molecule has 0 bridgehead atoms. The molecule has 0 spiro atoms. The lowest BCUT2D eigenvalue weighted by Crippen LogP contribution is -2.44. The summed E-state index contributed by atoms with van der Waals surface area (Å²) in [5.41, 5.74) is 2.23. The summed E-state index contributed by atoms with van der Waals surface area (Å²) >= 11 is 6.06. The first-order valence-corrected chi connectivity index (χ1v) is 10.7. The molecule has 3 aromatic rings. The van der Waals surface area contributed by atoms with Gasteiger partial charge in [-0.05, 0) is 50.2 Å². The minimum Gasteiger partial charge on any atom is -0.440 e. The third-order valence-corrected chi connectivity index (χ3v) is 5.89. The Morgan fingerprint density at radius 3 is 2.61 bits per heavy atom. The number of para-hydroxylation sites is 3. The number of nitrogens with one attached hydrogen (secondary N) is 1. The zero-order chi connectivity index (χ0) is 21.8. The summed E-state index contributed by atoms with van der Waals surface area (Å²) in [6, 6.07) is 14.8. The van der Waals surface area contributed by atoms with Gasteiger partial charge in [-0.25, -0.2) is 4.98 Å². The summed E-state index contributed by atoms with van der Waals surface area (Å²) in [6.07, 6.45) is 1.77. The van der Waals surface area contributed by atoms with Crippen LogP contribution in [0, 0.1) is 0 Å². The Labute approximate surface area is 186 Å². The van der Waals surface area contributed by atoms with E-state index in [-0.39, 0.29) is 30.8 Å². The SMILES string of the molecule is CN(CC(=O)Nc1ccccc1Cl)C(=O)CN1CCC(c2nc3ccccc3o2)CC1. The Bertz CT molecular complexity index is 1040. The molecule has 1 N–H and O–H groups in total. The minimum atomic E-state index is -0.279. The van der Waals surface area contributed by atoms with Crippen LogP contribution in [0.25, 0.3) is 11.1 Å². The molecule has 1 fully saturated rings. The van der Waals surface area contributed by atoms with Gasteiger partial charge in [-0.3, -0.25) is 14.5 Å². The fourth-order valence-corrected chi connectivity index (χ4v) is 3.95. The number of rotatable bonds is 6. The molecule has 2 amide bonds. The van der Waals surface area contributed by atoms with Crippen molar-refractivity contribution in [3.8, 4) is 0 Å². The number of carbonyl (C=O) groups is 2. The lowest BCUT2D eigenvalue weighted by atomic mass is 9.97. The molecule has 2 heterocycles. The van der Waals surface area contributed by atoms with E-state index in [0.29, 0.717) is 10.7 Å². The molecule has 1 aromatic heterocycles. The maximum atomic E-state index is 12.6. The molecule has 0 radical (unpaired) electrons. The number of aromatic nitrogens is 1. The Kier molecular flexibility index (Phi) is 6.53. The topological polar surface area (TPSA) is 78.7 Å². The van der Waals surface area contributed by atoms with Gasteiger partial charge in [0.2, 0.25) is 11.8 Å². The van der Waals surface area contributed by atoms with Crippen LogP contribution in [0.1, 0.15) is 24.7 Å². The molecule has 0 atom stereocenters. The van der Waals surface area contributed by atoms with Crippen LogP contribution in [0.5, 0.6) is 0 Å². The number of likely N-dealkylation sites (N-methyl/N-ethyl adjacent to an activating group) is 1. The predicted octanol–water partition coefficient (Wildman–Crippen LogP) is 3.76. The molecule has 0 aliphatic carbocycles. The van der Waals surface area contributed by atoms with E-state index in [9.17, 15) is 9.59 Å². The van der Waals surface area contributed by atoms with Crippen molar-refractivity contribution in [3.05, 3.63) is 59.4 Å². The fraction of sp³-hybridized carbons (Fsp3) is 0.348. The Balaban J connectivity index is 1.24. The normalized spacial score (nSPS) is 15.2. The molecule has 1 aliphatic heterocycles. The number of hydrogen-bond donors (Lipinski definition) is 1. The number of piperidine rings is 1. The first-order chi connectivity index (χ1) is 15.0. The van der Waals surface area contributed by atoms with Gasteiger partial charge in [-0.2, -0.15) is 0 Å². The van der Waals surface area contributed by atoms with E-state index < -0.39 is 0 Å². The van der Waals surface area contributed by atoms with Crippen LogP contribution in [0.15, 0.2) is 52.9 Å². The van der Waals surface area contributed by atoms with Crippen molar-refractivity contribution in [2.45, 2.75) is 18.8 Å². The number of oxazole rings is 1. The van der Waals surface area contributed by atoms with Crippen LogP contribution in [0.2, 0.25) is 5.02 Å². The summed E-state index contributed by atoms with van der Waals surface area (Å²) in [5, 5.41) is 3.20. The Morgan fingerprint density at radius 2 is 1.87 bits per heavy atom. The van der Waals surface area contributed by atoms with Crippen molar-refractivity contribution in [1.82, 2.24) is 14.8 Å². The van der Waals surface area contributed by atoms with Crippen molar-refractivity contribution < 1.29 is 14.0 Å². The number of fused-ring (bicyclic) bond motifs is 1. The highest BCUT2D eigenvalue weighted by Gasteiger charge is 2.26. The minimum absolute atomic E-state index is 0.0244. The van der Waals surface area contributed by atoms with E-state index in [1.165, 1.54) is 4.90 Å². The molecule has 0 saturated carbocycles. The zero-order valence-corrected chi connectivity index (χ0v) is 18.1. The first kappa shape index (κ1) is 21.3. The van der Waals surface area contributed by atoms with Crippen molar-refractivity contribution in [1.29, 1.82) is 0 Å². The van der Waals surface area contributed by atoms with E-state index in [0.717, 1.165) is 42.9 Å². The number of hydrogen-bond acceptors (Lipinski definition) is 5. The van der Waals surface area contributed by atoms with Crippen LogP contribution < -0.4 is 5.32 Å². The second-order valence-electron chi connectivity index (χ2n) is 7.85. The van der Waals surface area contributed by atoms with Crippen molar-refractivity contribution >= 4 is 40.2 Å². The third kappa shape index (κ3) is 5.24. The van der Waals surface area contributed by atoms with E-state index in [1.54, 1.807) is 31.3 Å². The molecule has 31 heavy (non-hydrogen) atoms. The second kappa shape index (κ2) is 9.49. The van der Waals surface area contributed by atoms with Gasteiger partial charge in [-0.1, -0.05) is 35.9 Å². The Hall–Kier alpha value is -2.90. The van der Waals surface area contributed by atoms with Gasteiger partial charge in [0.1, 0.15) is 5.52 Å². The lowest BCUT2D eigenvalue weighted by Gasteiger charge is -2.31. The summed E-state index contributed by atoms with van der Waals surface area (Å²) in [4.78, 5) is 33.0. The maximum absolute atomic E-state index is 12.6. The van der Waals surface area contributed by atoms with Gasteiger partial charge in [-0.15, -0.1) is 0 Å². The molecule has 8 heteroatoms. The molecule has 2 aromatic carbocycles. The van der Waals surface area contributed by atoms with Gasteiger partial charge in [0.05, 0.1) is 23.8 Å². The van der Waals surface area contributed by atoms with Crippen LogP contribution in [-0.4, -0.2) is 59.8 Å². The van der Waals surface area contributed by atoms with Crippen LogP contribution in [0.3, 0.4) is 0 Å². The van der Waals surface area contributed by atoms with Gasteiger partial charge in [0.25, 0.3) is 0 Å². The average Bonchev–Trinajstić information content (AvgIpc) is 3.20. The van der Waals surface area contributed by atoms with Crippen molar-refractivity contribution in [3.63, 3.8) is 0 Å². The molecular weight excluding hydrogens is 416 g/mol. The first-order valence-electron chi connectivity index (χ1n) is 10.4. The number of nitrogens with zero attached hydrogens (tertiary/aromatic N) is 3. The largest absolute Gasteiger partial charge is 0.440 e. The zero-order valence-electron chi connectivity index (χ0n) is 17.4. The molecule has 162 valence electrons. The fourth-order valence-electron chi connectivity index (χ4n) is 3.77. The van der Waals surface area contributed by atoms with Crippen molar-refractivity contribution in [2.75, 3.05) is 38.5 Å². The number of carbonyl (C=O) groups excluding carboxylic acids is 2. The number of likely N-dealkylation sites (tertiary alicyclic amines) is 1. The molecule has 4 rings (SSSR count). The highest BCUT2D eigenvalue weighted by molar-refractivity contribution is 6.33. The monoisotopic (exact) mass is 440 g/mol. The molecule has 1 saturated heterocycles. The van der Waals surface area contributed by atoms with Gasteiger partial charge in [0, 0.05) is 13.0 Å². The van der Waals surface area contributed by atoms with E-state index in [2.05, 4.69) is 15.2 Å². The number of benzene rings is 2. The van der Waals surface area contributed by atoms with Gasteiger partial charge in [0.15, 0.2) is 11.5 Å². The summed E-state index contributed by atoms with van der Waals surface area (Å²) < 4.78 is 5.90. The van der Waals surface area contributed by atoms with E-state index in [4.69, 9.17) is 16.0 Å². The smallest absolute Gasteiger partial charge is 0.244 e. The average molecular weight is 441 g/mol. The van der Waals surface area contributed by atoms with E-state index in [1.807, 2.05) is 24.3 Å². The lowest BCUT2D eigenvalue weighted by molar-refractivity contribution is -0.134.